The van der Waals surface area contributed by atoms with Gasteiger partial charge in [-0.15, -0.1) is 0 Å². The number of rotatable bonds is 4. The Bertz CT molecular complexity index is 889. The fourth-order valence-electron chi connectivity index (χ4n) is 2.67. The summed E-state index contributed by atoms with van der Waals surface area (Å²) in [4.78, 5) is 14.4. The minimum absolute atomic E-state index is 0.105. The number of ether oxygens (including phenoxy) is 2. The number of methoxy groups -OCH3 is 2. The molecule has 0 radical (unpaired) electrons. The molecule has 0 saturated carbocycles. The Kier molecular flexibility index (Phi) is 4.38. The zero-order valence-corrected chi connectivity index (χ0v) is 13.9. The van der Waals surface area contributed by atoms with Crippen LogP contribution >= 0.6 is 0 Å². The number of carbonyl (C=O) groups is 1. The summed E-state index contributed by atoms with van der Waals surface area (Å²) in [5, 5.41) is 2.25. The Morgan fingerprint density at radius 1 is 0.833 bits per heavy atom. The average molecular weight is 321 g/mol. The summed E-state index contributed by atoms with van der Waals surface area (Å²) in [7, 11) is 4.89. The molecular formula is C20H19NO3. The third-order valence-electron chi connectivity index (χ3n) is 4.06. The molecule has 3 rings (SSSR count). The Morgan fingerprint density at radius 3 is 2.25 bits per heavy atom. The van der Waals surface area contributed by atoms with Crippen molar-refractivity contribution in [3.63, 3.8) is 0 Å². The first-order chi connectivity index (χ1) is 11.6. The minimum atomic E-state index is -0.105. The van der Waals surface area contributed by atoms with Gasteiger partial charge >= 0.3 is 0 Å². The van der Waals surface area contributed by atoms with Gasteiger partial charge in [-0.25, -0.2) is 0 Å². The maximum absolute atomic E-state index is 12.8. The van der Waals surface area contributed by atoms with E-state index in [0.29, 0.717) is 17.1 Å². The molecule has 3 aromatic rings. The Balaban J connectivity index is 1.93. The quantitative estimate of drug-likeness (QED) is 0.725. The number of benzene rings is 3. The van der Waals surface area contributed by atoms with E-state index in [1.807, 2.05) is 36.4 Å². The molecule has 0 unspecified atom stereocenters. The van der Waals surface area contributed by atoms with Crippen LogP contribution in [0.3, 0.4) is 0 Å². The predicted octanol–water partition coefficient (Wildman–Crippen LogP) is 4.13. The van der Waals surface area contributed by atoms with E-state index in [0.717, 1.165) is 16.5 Å². The van der Waals surface area contributed by atoms with Gasteiger partial charge in [0.05, 0.1) is 14.2 Å². The fourth-order valence-corrected chi connectivity index (χ4v) is 2.67. The van der Waals surface area contributed by atoms with Crippen LogP contribution in [0.2, 0.25) is 0 Å². The summed E-state index contributed by atoms with van der Waals surface area (Å²) >= 11 is 0. The Labute approximate surface area is 141 Å². The second-order valence-electron chi connectivity index (χ2n) is 5.47. The van der Waals surface area contributed by atoms with Crippen molar-refractivity contribution in [2.24, 2.45) is 0 Å². The maximum atomic E-state index is 12.8. The molecule has 0 N–H and O–H groups in total. The fraction of sp³-hybridized carbons (Fsp3) is 0.150. The minimum Gasteiger partial charge on any atom is -0.493 e. The highest BCUT2D eigenvalue weighted by molar-refractivity contribution is 6.07. The van der Waals surface area contributed by atoms with Gasteiger partial charge in [0.1, 0.15) is 0 Å². The molecule has 3 aromatic carbocycles. The molecule has 0 fully saturated rings. The van der Waals surface area contributed by atoms with E-state index >= 15 is 0 Å². The van der Waals surface area contributed by atoms with E-state index in [-0.39, 0.29) is 5.91 Å². The van der Waals surface area contributed by atoms with E-state index in [4.69, 9.17) is 9.47 Å². The molecule has 0 bridgehead atoms. The summed E-state index contributed by atoms with van der Waals surface area (Å²) in [5.74, 6) is 1.03. The second kappa shape index (κ2) is 6.62. The Hall–Kier alpha value is -3.01. The van der Waals surface area contributed by atoms with E-state index < -0.39 is 0 Å². The Morgan fingerprint density at radius 2 is 1.54 bits per heavy atom. The molecule has 0 saturated heterocycles. The number of hydrogen-bond acceptors (Lipinski definition) is 3. The molecule has 0 atom stereocenters. The number of amides is 1. The van der Waals surface area contributed by atoms with E-state index in [9.17, 15) is 4.79 Å². The van der Waals surface area contributed by atoms with Crippen LogP contribution in [0.15, 0.2) is 60.7 Å². The summed E-state index contributed by atoms with van der Waals surface area (Å²) in [6.45, 7) is 0. The highest BCUT2D eigenvalue weighted by Crippen LogP contribution is 2.29. The first-order valence-electron chi connectivity index (χ1n) is 7.63. The van der Waals surface area contributed by atoms with Crippen LogP contribution in [-0.4, -0.2) is 27.2 Å². The number of nitrogens with zero attached hydrogens (tertiary/aromatic N) is 1. The molecule has 4 heteroatoms. The van der Waals surface area contributed by atoms with Crippen molar-refractivity contribution in [2.75, 3.05) is 26.2 Å². The number of carbonyl (C=O) groups excluding carboxylic acids is 1. The third kappa shape index (κ3) is 2.91. The van der Waals surface area contributed by atoms with Gasteiger partial charge in [-0.2, -0.15) is 0 Å². The van der Waals surface area contributed by atoms with Gasteiger partial charge in [-0.3, -0.25) is 4.79 Å². The van der Waals surface area contributed by atoms with E-state index in [1.165, 1.54) is 0 Å². The second-order valence-corrected chi connectivity index (χ2v) is 5.47. The predicted molar refractivity (Wildman–Crippen MR) is 96.2 cm³/mol. The van der Waals surface area contributed by atoms with Crippen LogP contribution < -0.4 is 14.4 Å². The highest BCUT2D eigenvalue weighted by Gasteiger charge is 2.16. The number of fused-ring (bicyclic) bond motifs is 1. The zero-order valence-electron chi connectivity index (χ0n) is 13.9. The van der Waals surface area contributed by atoms with Crippen LogP contribution in [0.4, 0.5) is 5.69 Å². The number of hydrogen-bond donors (Lipinski definition) is 0. The van der Waals surface area contributed by atoms with Crippen molar-refractivity contribution in [3.8, 4) is 11.5 Å². The van der Waals surface area contributed by atoms with Crippen LogP contribution in [-0.2, 0) is 0 Å². The van der Waals surface area contributed by atoms with Crippen molar-refractivity contribution in [1.29, 1.82) is 0 Å². The highest BCUT2D eigenvalue weighted by atomic mass is 16.5. The molecular weight excluding hydrogens is 302 g/mol. The van der Waals surface area contributed by atoms with E-state index in [1.54, 1.807) is 44.4 Å². The monoisotopic (exact) mass is 321 g/mol. The summed E-state index contributed by atoms with van der Waals surface area (Å²) in [6, 6.07) is 19.2. The molecule has 1 amide bonds. The lowest BCUT2D eigenvalue weighted by atomic mass is 10.1. The summed E-state index contributed by atoms with van der Waals surface area (Å²) in [5.41, 5.74) is 1.39. The summed E-state index contributed by atoms with van der Waals surface area (Å²) in [6.07, 6.45) is 0. The molecule has 0 aliphatic rings. The lowest BCUT2D eigenvalue weighted by Gasteiger charge is -2.19. The molecule has 122 valence electrons. The SMILES string of the molecule is COc1ccc(C(=O)N(C)c2ccc3ccccc3c2)cc1OC. The molecule has 0 aromatic heterocycles. The summed E-state index contributed by atoms with van der Waals surface area (Å²) < 4.78 is 10.5. The van der Waals surface area contributed by atoms with Gasteiger partial charge in [-0.05, 0) is 41.1 Å². The first-order valence-corrected chi connectivity index (χ1v) is 7.63. The van der Waals surface area contributed by atoms with Gasteiger partial charge in [-0.1, -0.05) is 30.3 Å². The van der Waals surface area contributed by atoms with Crippen molar-refractivity contribution >= 4 is 22.4 Å². The van der Waals surface area contributed by atoms with Gasteiger partial charge in [0, 0.05) is 18.3 Å². The van der Waals surface area contributed by atoms with Crippen molar-refractivity contribution in [3.05, 3.63) is 66.2 Å². The molecule has 24 heavy (non-hydrogen) atoms. The lowest BCUT2D eigenvalue weighted by Crippen LogP contribution is -2.26. The molecule has 0 aliphatic heterocycles. The standard InChI is InChI=1S/C20H19NO3/c1-21(17-10-8-14-6-4-5-7-15(14)12-17)20(22)16-9-11-18(23-2)19(13-16)24-3/h4-13H,1-3H3. The molecule has 4 nitrogen and oxygen atoms in total. The van der Waals surface area contributed by atoms with Crippen molar-refractivity contribution in [1.82, 2.24) is 0 Å². The van der Waals surface area contributed by atoms with Crippen LogP contribution in [0.1, 0.15) is 10.4 Å². The molecule has 0 aliphatic carbocycles. The average Bonchev–Trinajstić information content (AvgIpc) is 2.65. The lowest BCUT2D eigenvalue weighted by molar-refractivity contribution is 0.0992. The van der Waals surface area contributed by atoms with Crippen molar-refractivity contribution in [2.45, 2.75) is 0 Å². The van der Waals surface area contributed by atoms with Gasteiger partial charge in [0.2, 0.25) is 0 Å². The van der Waals surface area contributed by atoms with Crippen LogP contribution in [0, 0.1) is 0 Å². The third-order valence-corrected chi connectivity index (χ3v) is 4.06. The van der Waals surface area contributed by atoms with Gasteiger partial charge < -0.3 is 14.4 Å². The van der Waals surface area contributed by atoms with Crippen LogP contribution in [0.25, 0.3) is 10.8 Å². The topological polar surface area (TPSA) is 38.8 Å². The normalized spacial score (nSPS) is 10.5. The zero-order chi connectivity index (χ0) is 17.1. The van der Waals surface area contributed by atoms with E-state index in [2.05, 4.69) is 6.07 Å². The molecule has 0 spiro atoms. The first kappa shape index (κ1) is 15.9. The smallest absolute Gasteiger partial charge is 0.258 e. The van der Waals surface area contributed by atoms with Crippen molar-refractivity contribution < 1.29 is 14.3 Å². The van der Waals surface area contributed by atoms with Crippen LogP contribution in [0.5, 0.6) is 11.5 Å². The largest absolute Gasteiger partial charge is 0.493 e. The van der Waals surface area contributed by atoms with Gasteiger partial charge in [0.25, 0.3) is 5.91 Å². The van der Waals surface area contributed by atoms with Gasteiger partial charge in [0.15, 0.2) is 11.5 Å². The maximum Gasteiger partial charge on any atom is 0.258 e. The molecule has 0 heterocycles. The number of anilines is 1.